The maximum atomic E-state index is 12.6. The van der Waals surface area contributed by atoms with E-state index in [0.717, 1.165) is 12.8 Å². The summed E-state index contributed by atoms with van der Waals surface area (Å²) in [6, 6.07) is 4.44. The summed E-state index contributed by atoms with van der Waals surface area (Å²) in [6.07, 6.45) is 1.72. The molecule has 2 heterocycles. The third-order valence-corrected chi connectivity index (χ3v) is 4.65. The van der Waals surface area contributed by atoms with Gasteiger partial charge in [0.15, 0.2) is 6.61 Å². The highest BCUT2D eigenvalue weighted by Gasteiger charge is 2.31. The van der Waals surface area contributed by atoms with Crippen molar-refractivity contribution in [1.29, 1.82) is 0 Å². The lowest BCUT2D eigenvalue weighted by Crippen LogP contribution is -2.50. The Morgan fingerprint density at radius 3 is 2.76 bits per heavy atom. The predicted molar refractivity (Wildman–Crippen MR) is 89.6 cm³/mol. The second-order valence-electron chi connectivity index (χ2n) is 6.12. The molecular formula is C16H20N4O5. The fraction of sp³-hybridized carbons (Fsp3) is 0.500. The van der Waals surface area contributed by atoms with E-state index in [2.05, 4.69) is 5.32 Å². The number of ether oxygens (including phenoxy) is 1. The lowest BCUT2D eigenvalue weighted by Gasteiger charge is -2.34. The Labute approximate surface area is 144 Å². The van der Waals surface area contributed by atoms with Crippen molar-refractivity contribution in [3.8, 4) is 5.75 Å². The van der Waals surface area contributed by atoms with Gasteiger partial charge in [-0.15, -0.1) is 0 Å². The van der Waals surface area contributed by atoms with Crippen LogP contribution in [-0.2, 0) is 9.59 Å². The topological polar surface area (TPSA) is 105 Å². The number of nitrogens with one attached hydrogen (secondary N) is 1. The fourth-order valence-corrected chi connectivity index (χ4v) is 3.13. The van der Waals surface area contributed by atoms with E-state index >= 15 is 0 Å². The number of piperidine rings is 1. The smallest absolute Gasteiger partial charge is 0.271 e. The van der Waals surface area contributed by atoms with Crippen LogP contribution in [0.15, 0.2) is 18.2 Å². The Kier molecular flexibility index (Phi) is 4.84. The molecule has 0 unspecified atom stereocenters. The first-order chi connectivity index (χ1) is 12.0. The van der Waals surface area contributed by atoms with E-state index in [0.29, 0.717) is 24.9 Å². The average Bonchev–Trinajstić information content (AvgIpc) is 2.63. The van der Waals surface area contributed by atoms with Gasteiger partial charge in [-0.1, -0.05) is 0 Å². The minimum absolute atomic E-state index is 0.138. The molecule has 0 aromatic heterocycles. The van der Waals surface area contributed by atoms with Crippen molar-refractivity contribution < 1.29 is 19.2 Å². The number of anilines is 1. The summed E-state index contributed by atoms with van der Waals surface area (Å²) in [4.78, 5) is 38.2. The summed E-state index contributed by atoms with van der Waals surface area (Å²) >= 11 is 0. The van der Waals surface area contributed by atoms with Gasteiger partial charge in [0.25, 0.3) is 11.6 Å². The molecule has 2 amide bonds. The molecule has 0 radical (unpaired) electrons. The van der Waals surface area contributed by atoms with Crippen molar-refractivity contribution in [2.24, 2.45) is 0 Å². The molecule has 0 atom stereocenters. The van der Waals surface area contributed by atoms with E-state index < -0.39 is 4.92 Å². The van der Waals surface area contributed by atoms with Gasteiger partial charge in [0, 0.05) is 31.3 Å². The van der Waals surface area contributed by atoms with Gasteiger partial charge in [-0.2, -0.15) is 0 Å². The van der Waals surface area contributed by atoms with Crippen molar-refractivity contribution in [2.75, 3.05) is 38.2 Å². The molecule has 9 nitrogen and oxygen atoms in total. The van der Waals surface area contributed by atoms with Crippen LogP contribution in [0.3, 0.4) is 0 Å². The van der Waals surface area contributed by atoms with Gasteiger partial charge in [-0.3, -0.25) is 24.6 Å². The fourth-order valence-electron chi connectivity index (χ4n) is 3.13. The molecular weight excluding hydrogens is 328 g/mol. The van der Waals surface area contributed by atoms with Crippen molar-refractivity contribution in [3.63, 3.8) is 0 Å². The van der Waals surface area contributed by atoms with Crippen LogP contribution < -0.4 is 15.0 Å². The van der Waals surface area contributed by atoms with Gasteiger partial charge in [0.05, 0.1) is 10.6 Å². The summed E-state index contributed by atoms with van der Waals surface area (Å²) in [5, 5.41) is 14.2. The first-order valence-corrected chi connectivity index (χ1v) is 8.16. The maximum Gasteiger partial charge on any atom is 0.271 e. The lowest BCUT2D eigenvalue weighted by molar-refractivity contribution is -0.384. The summed E-state index contributed by atoms with van der Waals surface area (Å²) in [6.45, 7) is 0.940. The van der Waals surface area contributed by atoms with Gasteiger partial charge in [0.1, 0.15) is 12.3 Å². The Bertz CT molecular complexity index is 700. The second kappa shape index (κ2) is 7.06. The van der Waals surface area contributed by atoms with Crippen LogP contribution in [0.25, 0.3) is 0 Å². The number of likely N-dealkylation sites (tertiary alicyclic amines) is 1. The third-order valence-electron chi connectivity index (χ3n) is 4.65. The van der Waals surface area contributed by atoms with Crippen LogP contribution >= 0.6 is 0 Å². The molecule has 1 saturated heterocycles. The van der Waals surface area contributed by atoms with Gasteiger partial charge in [-0.25, -0.2) is 0 Å². The van der Waals surface area contributed by atoms with Crippen LogP contribution in [0.5, 0.6) is 5.75 Å². The van der Waals surface area contributed by atoms with Crippen LogP contribution in [0.4, 0.5) is 11.4 Å². The monoisotopic (exact) mass is 348 g/mol. The minimum Gasteiger partial charge on any atom is -0.482 e. The normalized spacial score (nSPS) is 17.9. The number of nitrogens with zero attached hydrogens (tertiary/aromatic N) is 3. The van der Waals surface area contributed by atoms with Crippen molar-refractivity contribution in [2.45, 2.75) is 18.9 Å². The molecule has 0 aliphatic carbocycles. The van der Waals surface area contributed by atoms with Gasteiger partial charge < -0.3 is 15.0 Å². The van der Waals surface area contributed by atoms with Crippen molar-refractivity contribution in [1.82, 2.24) is 10.2 Å². The Balaban J connectivity index is 1.76. The molecule has 2 aliphatic heterocycles. The zero-order chi connectivity index (χ0) is 18.0. The van der Waals surface area contributed by atoms with E-state index in [1.54, 1.807) is 4.90 Å². The summed E-state index contributed by atoms with van der Waals surface area (Å²) in [5.41, 5.74) is 0.119. The number of benzene rings is 1. The van der Waals surface area contributed by atoms with Gasteiger partial charge >= 0.3 is 0 Å². The molecule has 0 saturated carbocycles. The standard InChI is InChI=1S/C16H20N4O5/c1-17-11-4-6-18(7-5-11)15(21)9-19-13-8-12(20(23)24)2-3-14(13)25-10-16(19)22/h2-3,8,11,17H,4-7,9-10H2,1H3. The number of non-ortho nitro benzene ring substituents is 1. The van der Waals surface area contributed by atoms with E-state index in [9.17, 15) is 19.7 Å². The molecule has 1 fully saturated rings. The highest BCUT2D eigenvalue weighted by molar-refractivity contribution is 6.02. The third kappa shape index (κ3) is 3.55. The van der Waals surface area contributed by atoms with Gasteiger partial charge in [0.2, 0.25) is 5.91 Å². The van der Waals surface area contributed by atoms with Crippen molar-refractivity contribution >= 4 is 23.2 Å². The Morgan fingerprint density at radius 2 is 2.12 bits per heavy atom. The molecule has 0 spiro atoms. The highest BCUT2D eigenvalue weighted by Crippen LogP contribution is 2.35. The predicted octanol–water partition coefficient (Wildman–Crippen LogP) is 0.531. The minimum atomic E-state index is -0.540. The SMILES string of the molecule is CNC1CCN(C(=O)CN2C(=O)COc3ccc([N+](=O)[O-])cc32)CC1. The summed E-state index contributed by atoms with van der Waals surface area (Å²) in [5.74, 6) is -0.180. The number of hydrogen-bond acceptors (Lipinski definition) is 6. The van der Waals surface area contributed by atoms with E-state index in [4.69, 9.17) is 4.74 Å². The molecule has 0 bridgehead atoms. The Hall–Kier alpha value is -2.68. The second-order valence-corrected chi connectivity index (χ2v) is 6.12. The zero-order valence-electron chi connectivity index (χ0n) is 13.9. The number of nitro groups is 1. The molecule has 1 N–H and O–H groups in total. The average molecular weight is 348 g/mol. The van der Waals surface area contributed by atoms with E-state index in [1.165, 1.54) is 23.1 Å². The van der Waals surface area contributed by atoms with Crippen LogP contribution in [0, 0.1) is 10.1 Å². The lowest BCUT2D eigenvalue weighted by atomic mass is 10.1. The first kappa shape index (κ1) is 17.2. The quantitative estimate of drug-likeness (QED) is 0.629. The molecule has 134 valence electrons. The van der Waals surface area contributed by atoms with E-state index in [1.807, 2.05) is 7.05 Å². The number of carbonyl (C=O) groups excluding carboxylic acids is 2. The first-order valence-electron chi connectivity index (χ1n) is 8.16. The number of nitro benzene ring substituents is 1. The zero-order valence-corrected chi connectivity index (χ0v) is 13.9. The van der Waals surface area contributed by atoms with Crippen LogP contribution in [-0.4, -0.2) is 61.0 Å². The Morgan fingerprint density at radius 1 is 1.40 bits per heavy atom. The number of carbonyl (C=O) groups is 2. The number of rotatable bonds is 4. The maximum absolute atomic E-state index is 12.6. The number of amides is 2. The molecule has 1 aromatic rings. The highest BCUT2D eigenvalue weighted by atomic mass is 16.6. The number of hydrogen-bond donors (Lipinski definition) is 1. The van der Waals surface area contributed by atoms with Crippen LogP contribution in [0.1, 0.15) is 12.8 Å². The molecule has 3 rings (SSSR count). The molecule has 25 heavy (non-hydrogen) atoms. The van der Waals surface area contributed by atoms with E-state index in [-0.39, 0.29) is 36.3 Å². The largest absolute Gasteiger partial charge is 0.482 e. The number of fused-ring (bicyclic) bond motifs is 1. The molecule has 9 heteroatoms. The van der Waals surface area contributed by atoms with Crippen molar-refractivity contribution in [3.05, 3.63) is 28.3 Å². The van der Waals surface area contributed by atoms with Crippen LogP contribution in [0.2, 0.25) is 0 Å². The molecule has 1 aromatic carbocycles. The van der Waals surface area contributed by atoms with Gasteiger partial charge in [-0.05, 0) is 26.0 Å². The summed E-state index contributed by atoms with van der Waals surface area (Å²) < 4.78 is 5.31. The summed E-state index contributed by atoms with van der Waals surface area (Å²) in [7, 11) is 1.90. The molecule has 2 aliphatic rings.